The van der Waals surface area contributed by atoms with E-state index in [-0.39, 0.29) is 0 Å². The Hall–Kier alpha value is -2.30. The van der Waals surface area contributed by atoms with E-state index in [9.17, 15) is 0 Å². The average Bonchev–Trinajstić information content (AvgIpc) is 2.97. The molecule has 80 valence electrons. The third-order valence-electron chi connectivity index (χ3n) is 2.36. The van der Waals surface area contributed by atoms with Gasteiger partial charge in [-0.1, -0.05) is 0 Å². The van der Waals surface area contributed by atoms with Crippen molar-refractivity contribution in [3.63, 3.8) is 0 Å². The average molecular weight is 214 g/mol. The summed E-state index contributed by atoms with van der Waals surface area (Å²) in [5, 5.41) is 7.39. The Morgan fingerprint density at radius 2 is 2.31 bits per heavy atom. The van der Waals surface area contributed by atoms with E-state index in [4.69, 9.17) is 4.42 Å². The van der Waals surface area contributed by atoms with Gasteiger partial charge in [-0.3, -0.25) is 0 Å². The Balaban J connectivity index is 1.86. The summed E-state index contributed by atoms with van der Waals surface area (Å²) in [6, 6.07) is 3.84. The molecule has 0 amide bonds. The van der Waals surface area contributed by atoms with Gasteiger partial charge in [0.05, 0.1) is 18.7 Å². The number of nitrogens with zero attached hydrogens (tertiary/aromatic N) is 3. The zero-order valence-corrected chi connectivity index (χ0v) is 8.50. The highest BCUT2D eigenvalue weighted by Gasteiger charge is 2.02. The van der Waals surface area contributed by atoms with Crippen molar-refractivity contribution in [3.8, 4) is 0 Å². The zero-order valence-electron chi connectivity index (χ0n) is 8.50. The van der Waals surface area contributed by atoms with Crippen molar-refractivity contribution in [3.05, 3.63) is 48.8 Å². The molecule has 0 atom stereocenters. The number of aromatic nitrogens is 3. The molecule has 0 saturated heterocycles. The molecule has 0 saturated carbocycles. The van der Waals surface area contributed by atoms with Gasteiger partial charge in [0.1, 0.15) is 5.52 Å². The maximum absolute atomic E-state index is 5.00. The highest BCUT2D eigenvalue weighted by Crippen LogP contribution is 2.13. The van der Waals surface area contributed by atoms with Crippen LogP contribution < -0.4 is 5.32 Å². The minimum atomic E-state index is 0.689. The highest BCUT2D eigenvalue weighted by molar-refractivity contribution is 5.66. The van der Waals surface area contributed by atoms with Crippen LogP contribution in [0.2, 0.25) is 0 Å². The molecule has 3 aromatic heterocycles. The summed E-state index contributed by atoms with van der Waals surface area (Å²) in [5.74, 6) is 0.821. The monoisotopic (exact) mass is 214 g/mol. The van der Waals surface area contributed by atoms with Crippen LogP contribution in [-0.4, -0.2) is 14.6 Å². The summed E-state index contributed by atoms with van der Waals surface area (Å²) < 4.78 is 6.78. The molecule has 0 aromatic carbocycles. The van der Waals surface area contributed by atoms with Crippen LogP contribution in [0.4, 0.5) is 5.82 Å². The van der Waals surface area contributed by atoms with Crippen molar-refractivity contribution >= 4 is 11.3 Å². The second kappa shape index (κ2) is 3.69. The van der Waals surface area contributed by atoms with Gasteiger partial charge in [0.25, 0.3) is 0 Å². The van der Waals surface area contributed by atoms with Crippen molar-refractivity contribution in [2.24, 2.45) is 0 Å². The summed E-state index contributed by atoms with van der Waals surface area (Å²) in [5.41, 5.74) is 2.05. The molecule has 0 fully saturated rings. The van der Waals surface area contributed by atoms with Gasteiger partial charge in [-0.05, 0) is 12.1 Å². The zero-order chi connectivity index (χ0) is 10.8. The normalized spacial score (nSPS) is 10.8. The number of fused-ring (bicyclic) bond motifs is 1. The predicted octanol–water partition coefficient (Wildman–Crippen LogP) is 1.93. The van der Waals surface area contributed by atoms with Crippen LogP contribution in [0.5, 0.6) is 0 Å². The number of hydrogen-bond donors (Lipinski definition) is 1. The Labute approximate surface area is 91.7 Å². The van der Waals surface area contributed by atoms with Gasteiger partial charge in [-0.2, -0.15) is 5.10 Å². The molecule has 0 radical (unpaired) electrons. The lowest BCUT2D eigenvalue weighted by Gasteiger charge is -2.04. The third-order valence-corrected chi connectivity index (χ3v) is 2.36. The first-order chi connectivity index (χ1) is 7.93. The van der Waals surface area contributed by atoms with Gasteiger partial charge in [0, 0.05) is 24.5 Å². The van der Waals surface area contributed by atoms with Crippen LogP contribution in [-0.2, 0) is 6.54 Å². The summed E-state index contributed by atoms with van der Waals surface area (Å²) in [4.78, 5) is 4.28. The standard InChI is InChI=1S/C11H10N4O/c1-3-14-15-5-4-12-11(10(1)15)13-7-9-2-6-16-8-9/h1-6,8H,7H2,(H,12,13). The fourth-order valence-corrected chi connectivity index (χ4v) is 1.57. The van der Waals surface area contributed by atoms with E-state index in [0.29, 0.717) is 6.54 Å². The van der Waals surface area contributed by atoms with Crippen LogP contribution >= 0.6 is 0 Å². The molecule has 3 aromatic rings. The Kier molecular flexibility index (Phi) is 2.07. The smallest absolute Gasteiger partial charge is 0.152 e. The minimum absolute atomic E-state index is 0.689. The largest absolute Gasteiger partial charge is 0.472 e. The number of furan rings is 1. The summed E-state index contributed by atoms with van der Waals surface area (Å²) in [6.07, 6.45) is 8.66. The van der Waals surface area contributed by atoms with Crippen LogP contribution in [0, 0.1) is 0 Å². The molecule has 0 bridgehead atoms. The minimum Gasteiger partial charge on any atom is -0.472 e. The van der Waals surface area contributed by atoms with Crippen LogP contribution in [0.25, 0.3) is 5.52 Å². The lowest BCUT2D eigenvalue weighted by molar-refractivity contribution is 0.564. The topological polar surface area (TPSA) is 55.4 Å². The lowest BCUT2D eigenvalue weighted by Crippen LogP contribution is -2.02. The van der Waals surface area contributed by atoms with E-state index in [2.05, 4.69) is 15.4 Å². The highest BCUT2D eigenvalue weighted by atomic mass is 16.3. The molecule has 3 heterocycles. The second-order valence-corrected chi connectivity index (χ2v) is 3.42. The first-order valence-corrected chi connectivity index (χ1v) is 4.97. The predicted molar refractivity (Wildman–Crippen MR) is 59.0 cm³/mol. The fraction of sp³-hybridized carbons (Fsp3) is 0.0909. The SMILES string of the molecule is c1cn2nccc2c(NCc2ccoc2)n1. The molecular formula is C11H10N4O. The van der Waals surface area contributed by atoms with Gasteiger partial charge < -0.3 is 9.73 Å². The molecule has 5 heteroatoms. The maximum atomic E-state index is 5.00. The Bertz CT molecular complexity index is 585. The van der Waals surface area contributed by atoms with Crippen molar-refractivity contribution in [1.29, 1.82) is 0 Å². The first-order valence-electron chi connectivity index (χ1n) is 4.97. The summed E-state index contributed by atoms with van der Waals surface area (Å²) in [6.45, 7) is 0.689. The van der Waals surface area contributed by atoms with Crippen molar-refractivity contribution in [2.75, 3.05) is 5.32 Å². The summed E-state index contributed by atoms with van der Waals surface area (Å²) in [7, 11) is 0. The molecule has 1 N–H and O–H groups in total. The molecule has 16 heavy (non-hydrogen) atoms. The van der Waals surface area contributed by atoms with E-state index >= 15 is 0 Å². The lowest BCUT2D eigenvalue weighted by atomic mass is 10.3. The molecule has 0 aliphatic heterocycles. The first kappa shape index (κ1) is 8.96. The second-order valence-electron chi connectivity index (χ2n) is 3.42. The fourth-order valence-electron chi connectivity index (χ4n) is 1.57. The van der Waals surface area contributed by atoms with Gasteiger partial charge in [-0.25, -0.2) is 9.50 Å². The maximum Gasteiger partial charge on any atom is 0.152 e. The molecule has 5 nitrogen and oxygen atoms in total. The molecule has 0 unspecified atom stereocenters. The third kappa shape index (κ3) is 1.52. The Morgan fingerprint density at radius 1 is 1.31 bits per heavy atom. The number of nitrogens with one attached hydrogen (secondary N) is 1. The Morgan fingerprint density at radius 3 is 3.19 bits per heavy atom. The van der Waals surface area contributed by atoms with Crippen molar-refractivity contribution in [1.82, 2.24) is 14.6 Å². The van der Waals surface area contributed by atoms with E-state index in [1.54, 1.807) is 29.4 Å². The quantitative estimate of drug-likeness (QED) is 0.723. The van der Waals surface area contributed by atoms with Gasteiger partial charge in [-0.15, -0.1) is 0 Å². The van der Waals surface area contributed by atoms with Crippen molar-refractivity contribution in [2.45, 2.75) is 6.54 Å². The van der Waals surface area contributed by atoms with Crippen LogP contribution in [0.15, 0.2) is 47.7 Å². The molecule has 3 rings (SSSR count). The molecule has 0 aliphatic carbocycles. The number of rotatable bonds is 3. The van der Waals surface area contributed by atoms with Gasteiger partial charge in [0.2, 0.25) is 0 Å². The molecular weight excluding hydrogens is 204 g/mol. The summed E-state index contributed by atoms with van der Waals surface area (Å²) >= 11 is 0. The van der Waals surface area contributed by atoms with E-state index < -0.39 is 0 Å². The van der Waals surface area contributed by atoms with Crippen LogP contribution in [0.1, 0.15) is 5.56 Å². The van der Waals surface area contributed by atoms with E-state index in [0.717, 1.165) is 16.9 Å². The number of anilines is 1. The van der Waals surface area contributed by atoms with Crippen LogP contribution in [0.3, 0.4) is 0 Å². The van der Waals surface area contributed by atoms with E-state index in [1.165, 1.54) is 0 Å². The van der Waals surface area contributed by atoms with Crippen molar-refractivity contribution < 1.29 is 4.42 Å². The van der Waals surface area contributed by atoms with Gasteiger partial charge >= 0.3 is 0 Å². The molecule has 0 aliphatic rings. The van der Waals surface area contributed by atoms with E-state index in [1.807, 2.05) is 18.3 Å². The molecule has 0 spiro atoms. The number of hydrogen-bond acceptors (Lipinski definition) is 4. The van der Waals surface area contributed by atoms with Gasteiger partial charge in [0.15, 0.2) is 5.82 Å².